The number of rotatable bonds is 5. The second kappa shape index (κ2) is 5.21. The second-order valence-electron chi connectivity index (χ2n) is 2.49. The Labute approximate surface area is 82.4 Å². The lowest BCUT2D eigenvalue weighted by Gasteiger charge is -2.06. The van der Waals surface area contributed by atoms with Crippen LogP contribution in [0.3, 0.4) is 0 Å². The molecule has 76 valence electrons. The maximum absolute atomic E-state index is 5.20. The van der Waals surface area contributed by atoms with Crippen molar-refractivity contribution in [1.29, 1.82) is 0 Å². The van der Waals surface area contributed by atoms with E-state index in [-0.39, 0.29) is 0 Å². The van der Waals surface area contributed by atoms with Crippen molar-refractivity contribution < 1.29 is 9.78 Å². The first kappa shape index (κ1) is 10.5. The Bertz CT molecular complexity index is 315. The van der Waals surface area contributed by atoms with E-state index in [0.717, 1.165) is 5.56 Å². The molecule has 14 heavy (non-hydrogen) atoms. The Kier molecular flexibility index (Phi) is 3.90. The van der Waals surface area contributed by atoms with Crippen molar-refractivity contribution in [2.24, 2.45) is 5.84 Å². The molecule has 5 nitrogen and oxygen atoms in total. The normalized spacial score (nSPS) is 9.57. The highest BCUT2D eigenvalue weighted by Gasteiger charge is 2.02. The third-order valence-corrected chi connectivity index (χ3v) is 1.51. The van der Waals surface area contributed by atoms with E-state index in [1.165, 1.54) is 0 Å². The molecule has 0 saturated carbocycles. The van der Waals surface area contributed by atoms with Crippen LogP contribution in [0.1, 0.15) is 12.5 Å². The number of aromatic nitrogens is 1. The lowest BCUT2D eigenvalue weighted by molar-refractivity contribution is -0.230. The Balaban J connectivity index is 2.69. The highest BCUT2D eigenvalue weighted by Crippen LogP contribution is 2.15. The molecule has 0 fully saturated rings. The molecule has 0 spiro atoms. The van der Waals surface area contributed by atoms with Gasteiger partial charge in [-0.2, -0.15) is 4.89 Å². The zero-order valence-corrected chi connectivity index (χ0v) is 7.99. The van der Waals surface area contributed by atoms with E-state index in [1.807, 2.05) is 6.92 Å². The van der Waals surface area contributed by atoms with E-state index in [0.29, 0.717) is 18.2 Å². The third-order valence-electron chi connectivity index (χ3n) is 1.51. The van der Waals surface area contributed by atoms with Crippen LogP contribution in [-0.2, 0) is 9.78 Å². The van der Waals surface area contributed by atoms with Crippen LogP contribution in [0.5, 0.6) is 0 Å². The molecule has 0 atom stereocenters. The first-order valence-electron chi connectivity index (χ1n) is 4.19. The van der Waals surface area contributed by atoms with Gasteiger partial charge in [-0.25, -0.2) is 10.8 Å². The van der Waals surface area contributed by atoms with Gasteiger partial charge in [0.25, 0.3) is 0 Å². The summed E-state index contributed by atoms with van der Waals surface area (Å²) in [5.41, 5.74) is 3.19. The van der Waals surface area contributed by atoms with Gasteiger partial charge in [0.15, 0.2) is 5.76 Å². The molecule has 0 aromatic carbocycles. The first-order valence-corrected chi connectivity index (χ1v) is 4.19. The summed E-state index contributed by atoms with van der Waals surface area (Å²) >= 11 is 0. The summed E-state index contributed by atoms with van der Waals surface area (Å²) in [6.45, 7) is 5.98. The van der Waals surface area contributed by atoms with Crippen molar-refractivity contribution in [2.75, 3.05) is 12.0 Å². The minimum Gasteiger partial charge on any atom is -0.338 e. The number of hydrogen-bond acceptors (Lipinski definition) is 5. The number of nitrogens with two attached hydrogens (primary N) is 1. The lowest BCUT2D eigenvalue weighted by Crippen LogP contribution is -2.08. The maximum Gasteiger partial charge on any atom is 0.165 e. The van der Waals surface area contributed by atoms with Crippen LogP contribution in [0.15, 0.2) is 24.9 Å². The summed E-state index contributed by atoms with van der Waals surface area (Å²) < 4.78 is 0. The Morgan fingerprint density at radius 3 is 3.14 bits per heavy atom. The fourth-order valence-electron chi connectivity index (χ4n) is 0.861. The van der Waals surface area contributed by atoms with Crippen molar-refractivity contribution in [3.05, 3.63) is 30.5 Å². The Morgan fingerprint density at radius 1 is 1.71 bits per heavy atom. The standard InChI is InChI=1S/C9H13N3O2/c1-3-13-14-7(2)8-4-5-11-9(6-8)12-10/h4-6H,2-3,10H2,1H3,(H,11,12). The number of nitrogens with one attached hydrogen (secondary N) is 1. The predicted molar refractivity (Wildman–Crippen MR) is 53.8 cm³/mol. The van der Waals surface area contributed by atoms with Gasteiger partial charge < -0.3 is 10.3 Å². The van der Waals surface area contributed by atoms with E-state index in [4.69, 9.17) is 15.6 Å². The molecule has 0 radical (unpaired) electrons. The van der Waals surface area contributed by atoms with Gasteiger partial charge in [-0.05, 0) is 19.1 Å². The third kappa shape index (κ3) is 2.72. The largest absolute Gasteiger partial charge is 0.338 e. The first-order chi connectivity index (χ1) is 6.77. The number of hydrogen-bond donors (Lipinski definition) is 2. The monoisotopic (exact) mass is 195 g/mol. The van der Waals surface area contributed by atoms with Crippen LogP contribution in [0.2, 0.25) is 0 Å². The quantitative estimate of drug-likeness (QED) is 0.321. The summed E-state index contributed by atoms with van der Waals surface area (Å²) in [6, 6.07) is 3.46. The van der Waals surface area contributed by atoms with Gasteiger partial charge in [0, 0.05) is 11.8 Å². The molecule has 0 amide bonds. The van der Waals surface area contributed by atoms with Crippen LogP contribution in [-0.4, -0.2) is 11.6 Å². The van der Waals surface area contributed by atoms with Crippen LogP contribution in [0.4, 0.5) is 5.82 Å². The number of nitrogens with zero attached hydrogens (tertiary/aromatic N) is 1. The molecule has 0 aliphatic rings. The van der Waals surface area contributed by atoms with E-state index >= 15 is 0 Å². The Morgan fingerprint density at radius 2 is 2.50 bits per heavy atom. The van der Waals surface area contributed by atoms with Gasteiger partial charge in [-0.15, -0.1) is 0 Å². The maximum atomic E-state index is 5.20. The van der Waals surface area contributed by atoms with Gasteiger partial charge in [0.1, 0.15) is 5.82 Å². The van der Waals surface area contributed by atoms with Gasteiger partial charge in [-0.1, -0.05) is 6.58 Å². The van der Waals surface area contributed by atoms with Crippen molar-refractivity contribution in [3.8, 4) is 0 Å². The zero-order valence-electron chi connectivity index (χ0n) is 7.99. The molecule has 1 rings (SSSR count). The average molecular weight is 195 g/mol. The molecule has 5 heteroatoms. The molecule has 0 aliphatic carbocycles. The molecule has 0 aliphatic heterocycles. The zero-order chi connectivity index (χ0) is 10.4. The van der Waals surface area contributed by atoms with Gasteiger partial charge >= 0.3 is 0 Å². The summed E-state index contributed by atoms with van der Waals surface area (Å²) in [7, 11) is 0. The van der Waals surface area contributed by atoms with Crippen LogP contribution in [0, 0.1) is 0 Å². The summed E-state index contributed by atoms with van der Waals surface area (Å²) in [5.74, 6) is 6.17. The number of pyridine rings is 1. The van der Waals surface area contributed by atoms with Crippen molar-refractivity contribution >= 4 is 11.6 Å². The molecule has 1 aromatic rings. The minimum absolute atomic E-state index is 0.422. The predicted octanol–water partition coefficient (Wildman–Crippen LogP) is 1.31. The Hall–Kier alpha value is -1.59. The van der Waals surface area contributed by atoms with Crippen molar-refractivity contribution in [1.82, 2.24) is 4.98 Å². The summed E-state index contributed by atoms with van der Waals surface area (Å²) in [5, 5.41) is 0. The number of hydrazine groups is 1. The van der Waals surface area contributed by atoms with Crippen molar-refractivity contribution in [2.45, 2.75) is 6.92 Å². The summed E-state index contributed by atoms with van der Waals surface area (Å²) in [6.07, 6.45) is 1.60. The number of anilines is 1. The SMILES string of the molecule is C=C(OOCC)c1ccnc(NN)c1. The second-order valence-corrected chi connectivity index (χ2v) is 2.49. The number of nitrogen functional groups attached to an aromatic ring is 1. The van der Waals surface area contributed by atoms with Gasteiger partial charge in [0.2, 0.25) is 0 Å². The molecule has 1 aromatic heterocycles. The highest BCUT2D eigenvalue weighted by atomic mass is 17.2. The van der Waals surface area contributed by atoms with Gasteiger partial charge in [0.05, 0.1) is 6.61 Å². The van der Waals surface area contributed by atoms with E-state index < -0.39 is 0 Å². The van der Waals surface area contributed by atoms with Crippen LogP contribution < -0.4 is 11.3 Å². The smallest absolute Gasteiger partial charge is 0.165 e. The lowest BCUT2D eigenvalue weighted by atomic mass is 10.2. The summed E-state index contributed by atoms with van der Waals surface area (Å²) in [4.78, 5) is 13.6. The minimum atomic E-state index is 0.422. The highest BCUT2D eigenvalue weighted by molar-refractivity contribution is 5.59. The molecule has 0 unspecified atom stereocenters. The van der Waals surface area contributed by atoms with E-state index in [9.17, 15) is 0 Å². The fraction of sp³-hybridized carbons (Fsp3) is 0.222. The fourth-order valence-corrected chi connectivity index (χ4v) is 0.861. The molecule has 0 bridgehead atoms. The van der Waals surface area contributed by atoms with Crippen molar-refractivity contribution in [3.63, 3.8) is 0 Å². The van der Waals surface area contributed by atoms with E-state index in [1.54, 1.807) is 18.3 Å². The average Bonchev–Trinajstić information content (AvgIpc) is 2.26. The molecular weight excluding hydrogens is 182 g/mol. The molecular formula is C9H13N3O2. The van der Waals surface area contributed by atoms with E-state index in [2.05, 4.69) is 17.0 Å². The van der Waals surface area contributed by atoms with Crippen LogP contribution in [0.25, 0.3) is 5.76 Å². The molecule has 1 heterocycles. The van der Waals surface area contributed by atoms with Crippen LogP contribution >= 0.6 is 0 Å². The van der Waals surface area contributed by atoms with Gasteiger partial charge in [-0.3, -0.25) is 0 Å². The molecule has 3 N–H and O–H groups in total. The topological polar surface area (TPSA) is 69.4 Å². The molecule has 0 saturated heterocycles.